The van der Waals surface area contributed by atoms with Crippen LogP contribution < -0.4 is 5.32 Å². The molecule has 0 aliphatic heterocycles. The summed E-state index contributed by atoms with van der Waals surface area (Å²) in [5.41, 5.74) is 5.13. The van der Waals surface area contributed by atoms with E-state index in [1.165, 1.54) is 27.7 Å². The van der Waals surface area contributed by atoms with E-state index in [0.717, 1.165) is 38.5 Å². The first-order valence-corrected chi connectivity index (χ1v) is 8.70. The average molecular weight is 312 g/mol. The quantitative estimate of drug-likeness (QED) is 0.798. The molecule has 0 saturated heterocycles. The fraction of sp³-hybridized carbons (Fsp3) is 0.526. The van der Waals surface area contributed by atoms with Crippen molar-refractivity contribution in [2.45, 2.75) is 57.6 Å². The molecule has 4 nitrogen and oxygen atoms in total. The van der Waals surface area contributed by atoms with Crippen LogP contribution in [0.5, 0.6) is 0 Å². The van der Waals surface area contributed by atoms with Crippen LogP contribution in [0.25, 0.3) is 10.9 Å². The van der Waals surface area contributed by atoms with Crippen LogP contribution >= 0.6 is 0 Å². The Bertz CT molecular complexity index is 749. The van der Waals surface area contributed by atoms with E-state index in [1.807, 2.05) is 0 Å². The number of aliphatic hydroxyl groups excluding tert-OH is 1. The number of aromatic amines is 1. The van der Waals surface area contributed by atoms with Crippen LogP contribution in [0.15, 0.2) is 18.2 Å². The molecule has 3 atom stereocenters. The van der Waals surface area contributed by atoms with E-state index in [-0.39, 0.29) is 17.9 Å². The second-order valence-corrected chi connectivity index (χ2v) is 7.18. The van der Waals surface area contributed by atoms with E-state index < -0.39 is 6.10 Å². The molecule has 0 bridgehead atoms. The van der Waals surface area contributed by atoms with Gasteiger partial charge in [-0.05, 0) is 63.1 Å². The molecule has 1 saturated carbocycles. The monoisotopic (exact) mass is 312 g/mol. The maximum Gasteiger partial charge on any atom is 0.225 e. The molecule has 1 aromatic carbocycles. The number of aromatic nitrogens is 1. The minimum Gasteiger partial charge on any atom is -0.392 e. The van der Waals surface area contributed by atoms with Crippen molar-refractivity contribution in [1.29, 1.82) is 0 Å². The molecule has 3 N–H and O–H groups in total. The number of aliphatic hydroxyl groups is 1. The Morgan fingerprint density at radius 1 is 1.30 bits per heavy atom. The van der Waals surface area contributed by atoms with Crippen molar-refractivity contribution in [2.75, 3.05) is 0 Å². The summed E-state index contributed by atoms with van der Waals surface area (Å²) >= 11 is 0. The SMILES string of the molecule is Cc1ccc2[nH]c3c(c2c1)CC(NC(=O)C1CCCC1O)CC3. The molecule has 1 heterocycles. The third-order valence-corrected chi connectivity index (χ3v) is 5.51. The van der Waals surface area contributed by atoms with Crippen LogP contribution in [0.2, 0.25) is 0 Å². The molecule has 122 valence electrons. The highest BCUT2D eigenvalue weighted by molar-refractivity contribution is 5.86. The lowest BCUT2D eigenvalue weighted by molar-refractivity contribution is -0.128. The fourth-order valence-electron chi connectivity index (χ4n) is 4.21. The number of nitrogens with one attached hydrogen (secondary N) is 2. The predicted molar refractivity (Wildman–Crippen MR) is 90.3 cm³/mol. The molecule has 1 fully saturated rings. The highest BCUT2D eigenvalue weighted by atomic mass is 16.3. The second-order valence-electron chi connectivity index (χ2n) is 7.18. The number of H-pyrrole nitrogens is 1. The second kappa shape index (κ2) is 5.68. The Hall–Kier alpha value is -1.81. The summed E-state index contributed by atoms with van der Waals surface area (Å²) in [7, 11) is 0. The van der Waals surface area contributed by atoms with E-state index in [2.05, 4.69) is 35.4 Å². The van der Waals surface area contributed by atoms with Crippen LogP contribution in [0.1, 0.15) is 42.5 Å². The van der Waals surface area contributed by atoms with Gasteiger partial charge in [-0.25, -0.2) is 0 Å². The average Bonchev–Trinajstić information content (AvgIpc) is 3.10. The zero-order chi connectivity index (χ0) is 16.0. The summed E-state index contributed by atoms with van der Waals surface area (Å²) in [4.78, 5) is 15.9. The maximum absolute atomic E-state index is 12.4. The predicted octanol–water partition coefficient (Wildman–Crippen LogP) is 2.61. The number of fused-ring (bicyclic) bond motifs is 3. The summed E-state index contributed by atoms with van der Waals surface area (Å²) in [6, 6.07) is 6.69. The first-order chi connectivity index (χ1) is 11.1. The van der Waals surface area contributed by atoms with Gasteiger partial charge in [-0.2, -0.15) is 0 Å². The summed E-state index contributed by atoms with van der Waals surface area (Å²) in [6.07, 6.45) is 4.90. The normalized spacial score (nSPS) is 27.1. The minimum absolute atomic E-state index is 0.0412. The van der Waals surface area contributed by atoms with E-state index in [1.54, 1.807) is 0 Å². The summed E-state index contributed by atoms with van der Waals surface area (Å²) < 4.78 is 0. The van der Waals surface area contributed by atoms with Crippen molar-refractivity contribution in [3.63, 3.8) is 0 Å². The lowest BCUT2D eigenvalue weighted by Crippen LogP contribution is -2.43. The van der Waals surface area contributed by atoms with Gasteiger partial charge in [0, 0.05) is 22.6 Å². The van der Waals surface area contributed by atoms with Gasteiger partial charge in [-0.3, -0.25) is 4.79 Å². The van der Waals surface area contributed by atoms with Gasteiger partial charge < -0.3 is 15.4 Å². The maximum atomic E-state index is 12.4. The lowest BCUT2D eigenvalue weighted by atomic mass is 9.90. The minimum atomic E-state index is -0.454. The van der Waals surface area contributed by atoms with Crippen LogP contribution in [0.3, 0.4) is 0 Å². The zero-order valence-corrected chi connectivity index (χ0v) is 13.6. The topological polar surface area (TPSA) is 65.1 Å². The molecule has 2 aliphatic rings. The number of carbonyl (C=O) groups is 1. The van der Waals surface area contributed by atoms with Crippen molar-refractivity contribution < 1.29 is 9.90 Å². The highest BCUT2D eigenvalue weighted by Crippen LogP contribution is 2.31. The van der Waals surface area contributed by atoms with E-state index in [4.69, 9.17) is 0 Å². The number of amides is 1. The number of hydrogen-bond donors (Lipinski definition) is 3. The molecule has 23 heavy (non-hydrogen) atoms. The number of aryl methyl sites for hydroxylation is 2. The van der Waals surface area contributed by atoms with Crippen molar-refractivity contribution in [1.82, 2.24) is 10.3 Å². The molecule has 4 rings (SSSR count). The largest absolute Gasteiger partial charge is 0.392 e. The summed E-state index contributed by atoms with van der Waals surface area (Å²) in [5.74, 6) is -0.166. The Morgan fingerprint density at radius 3 is 2.96 bits per heavy atom. The first kappa shape index (κ1) is 14.8. The van der Waals surface area contributed by atoms with Gasteiger partial charge in [-0.15, -0.1) is 0 Å². The zero-order valence-electron chi connectivity index (χ0n) is 13.6. The first-order valence-electron chi connectivity index (χ1n) is 8.70. The molecule has 0 spiro atoms. The van der Waals surface area contributed by atoms with Crippen LogP contribution in [0, 0.1) is 12.8 Å². The van der Waals surface area contributed by atoms with Crippen LogP contribution in [-0.2, 0) is 17.6 Å². The number of rotatable bonds is 2. The van der Waals surface area contributed by atoms with E-state index in [9.17, 15) is 9.90 Å². The molecular formula is C19H24N2O2. The third-order valence-electron chi connectivity index (χ3n) is 5.51. The highest BCUT2D eigenvalue weighted by Gasteiger charge is 2.33. The van der Waals surface area contributed by atoms with Crippen molar-refractivity contribution >= 4 is 16.8 Å². The molecule has 3 unspecified atom stereocenters. The Morgan fingerprint density at radius 2 is 2.17 bits per heavy atom. The molecule has 1 amide bonds. The van der Waals surface area contributed by atoms with Gasteiger partial charge in [0.1, 0.15) is 0 Å². The van der Waals surface area contributed by atoms with Crippen molar-refractivity contribution in [3.8, 4) is 0 Å². The van der Waals surface area contributed by atoms with Gasteiger partial charge in [0.25, 0.3) is 0 Å². The number of hydrogen-bond acceptors (Lipinski definition) is 2. The Kier molecular flexibility index (Phi) is 3.64. The number of carbonyl (C=O) groups excluding carboxylic acids is 1. The summed E-state index contributed by atoms with van der Waals surface area (Å²) in [6.45, 7) is 2.11. The third kappa shape index (κ3) is 2.65. The standard InChI is InChI=1S/C19H24N2O2/c1-11-5-7-16-14(9-11)15-10-12(6-8-17(15)21-16)20-19(23)13-3-2-4-18(13)22/h5,7,9,12-13,18,21-22H,2-4,6,8,10H2,1H3,(H,20,23). The molecule has 2 aliphatic carbocycles. The van der Waals surface area contributed by atoms with E-state index >= 15 is 0 Å². The van der Waals surface area contributed by atoms with Crippen LogP contribution in [-0.4, -0.2) is 28.1 Å². The van der Waals surface area contributed by atoms with Crippen molar-refractivity contribution in [3.05, 3.63) is 35.0 Å². The smallest absolute Gasteiger partial charge is 0.225 e. The van der Waals surface area contributed by atoms with Gasteiger partial charge in [0.2, 0.25) is 5.91 Å². The Labute approximate surface area is 136 Å². The molecular weight excluding hydrogens is 288 g/mol. The molecule has 0 radical (unpaired) electrons. The lowest BCUT2D eigenvalue weighted by Gasteiger charge is -2.26. The van der Waals surface area contributed by atoms with E-state index in [0.29, 0.717) is 0 Å². The summed E-state index contributed by atoms with van der Waals surface area (Å²) in [5, 5.41) is 14.4. The van der Waals surface area contributed by atoms with Gasteiger partial charge in [0.15, 0.2) is 0 Å². The molecule has 4 heteroatoms. The van der Waals surface area contributed by atoms with Gasteiger partial charge in [-0.1, -0.05) is 11.6 Å². The fourth-order valence-corrected chi connectivity index (χ4v) is 4.21. The van der Waals surface area contributed by atoms with Gasteiger partial charge in [0.05, 0.1) is 12.0 Å². The Balaban J connectivity index is 1.53. The molecule has 2 aromatic rings. The molecule has 1 aromatic heterocycles. The van der Waals surface area contributed by atoms with Gasteiger partial charge >= 0.3 is 0 Å². The number of benzene rings is 1. The van der Waals surface area contributed by atoms with Crippen molar-refractivity contribution in [2.24, 2.45) is 5.92 Å². The van der Waals surface area contributed by atoms with Crippen LogP contribution in [0.4, 0.5) is 0 Å².